The molecule has 0 aromatic heterocycles. The molecule has 164 valence electrons. The molecule has 0 bridgehead atoms. The van der Waals surface area contributed by atoms with Gasteiger partial charge in [-0.25, -0.2) is 0 Å². The van der Waals surface area contributed by atoms with Crippen LogP contribution in [0.5, 0.6) is 0 Å². The van der Waals surface area contributed by atoms with Crippen molar-refractivity contribution in [3.05, 3.63) is 108 Å². The van der Waals surface area contributed by atoms with Crippen LogP contribution in [0.2, 0.25) is 0 Å². The number of carbonyl (C=O) groups excluding carboxylic acids is 2. The Bertz CT molecular complexity index is 977. The van der Waals surface area contributed by atoms with Gasteiger partial charge in [0.25, 0.3) is 0 Å². The summed E-state index contributed by atoms with van der Waals surface area (Å²) in [6.07, 6.45) is 0. The molecule has 3 aromatic carbocycles. The molecule has 0 aliphatic carbocycles. The number of nitrogens with one attached hydrogen (secondary N) is 1. The van der Waals surface area contributed by atoms with Crippen LogP contribution < -0.4 is 5.32 Å². The fraction of sp³-hybridized carbons (Fsp3) is 0.259. The summed E-state index contributed by atoms with van der Waals surface area (Å²) in [7, 11) is 0. The van der Waals surface area contributed by atoms with Gasteiger partial charge >= 0.3 is 11.8 Å². The maximum atomic E-state index is 12.8. The Kier molecular flexibility index (Phi) is 6.97. The molecule has 1 aliphatic heterocycles. The third kappa shape index (κ3) is 5.06. The van der Waals surface area contributed by atoms with E-state index in [9.17, 15) is 9.59 Å². The molecule has 0 saturated carbocycles. The number of amides is 2. The molecular formula is C27H29N3O2. The predicted octanol–water partition coefficient (Wildman–Crippen LogP) is 3.80. The zero-order chi connectivity index (χ0) is 22.3. The van der Waals surface area contributed by atoms with Crippen molar-refractivity contribution in [3.63, 3.8) is 0 Å². The monoisotopic (exact) mass is 427 g/mol. The standard InChI is InChI=1S/C27H29N3O2/c1-21(22-11-5-2-6-12-22)28-26(31)27(32)30-19-17-29(18-20-30)25(23-13-7-3-8-14-23)24-15-9-4-10-16-24/h2-16,21,25H,17-20H2,1H3,(H,28,31). The Hall–Kier alpha value is -3.44. The number of carbonyl (C=O) groups is 2. The summed E-state index contributed by atoms with van der Waals surface area (Å²) < 4.78 is 0. The number of rotatable bonds is 5. The lowest BCUT2D eigenvalue weighted by Gasteiger charge is -2.39. The lowest BCUT2D eigenvalue weighted by atomic mass is 9.96. The third-order valence-electron chi connectivity index (χ3n) is 6.04. The number of piperazine rings is 1. The second-order valence-corrected chi connectivity index (χ2v) is 8.16. The quantitative estimate of drug-likeness (QED) is 0.630. The van der Waals surface area contributed by atoms with Gasteiger partial charge in [-0.05, 0) is 23.6 Å². The van der Waals surface area contributed by atoms with Crippen molar-refractivity contribution < 1.29 is 9.59 Å². The van der Waals surface area contributed by atoms with E-state index in [1.54, 1.807) is 4.90 Å². The summed E-state index contributed by atoms with van der Waals surface area (Å²) in [6, 6.07) is 30.5. The van der Waals surface area contributed by atoms with Crippen molar-refractivity contribution in [2.24, 2.45) is 0 Å². The van der Waals surface area contributed by atoms with E-state index in [2.05, 4.69) is 58.7 Å². The Morgan fingerprint density at radius 1 is 0.688 bits per heavy atom. The van der Waals surface area contributed by atoms with Gasteiger partial charge in [0, 0.05) is 26.2 Å². The van der Waals surface area contributed by atoms with Crippen LogP contribution in [0.25, 0.3) is 0 Å². The minimum atomic E-state index is -0.544. The second-order valence-electron chi connectivity index (χ2n) is 8.16. The van der Waals surface area contributed by atoms with Crippen LogP contribution in [0, 0.1) is 0 Å². The Morgan fingerprint density at radius 3 is 1.59 bits per heavy atom. The number of nitrogens with zero attached hydrogens (tertiary/aromatic N) is 2. The van der Waals surface area contributed by atoms with Crippen LogP contribution in [-0.2, 0) is 9.59 Å². The first-order valence-corrected chi connectivity index (χ1v) is 11.1. The molecule has 5 heteroatoms. The fourth-order valence-electron chi connectivity index (χ4n) is 4.29. The van der Waals surface area contributed by atoms with E-state index in [-0.39, 0.29) is 12.1 Å². The van der Waals surface area contributed by atoms with Crippen molar-refractivity contribution in [1.82, 2.24) is 15.1 Å². The maximum Gasteiger partial charge on any atom is 0.311 e. The van der Waals surface area contributed by atoms with Gasteiger partial charge in [0.2, 0.25) is 0 Å². The van der Waals surface area contributed by atoms with E-state index in [1.807, 2.05) is 49.4 Å². The first kappa shape index (κ1) is 21.8. The van der Waals surface area contributed by atoms with Crippen LogP contribution >= 0.6 is 0 Å². The highest BCUT2D eigenvalue weighted by Crippen LogP contribution is 2.29. The first-order valence-electron chi connectivity index (χ1n) is 11.1. The van der Waals surface area contributed by atoms with Gasteiger partial charge in [-0.2, -0.15) is 0 Å². The highest BCUT2D eigenvalue weighted by atomic mass is 16.2. The Balaban J connectivity index is 1.40. The normalized spacial score (nSPS) is 15.4. The van der Waals surface area contributed by atoms with Gasteiger partial charge < -0.3 is 10.2 Å². The van der Waals surface area contributed by atoms with E-state index < -0.39 is 11.8 Å². The Labute approximate surface area is 189 Å². The highest BCUT2D eigenvalue weighted by molar-refractivity contribution is 6.35. The minimum Gasteiger partial charge on any atom is -0.341 e. The summed E-state index contributed by atoms with van der Waals surface area (Å²) in [4.78, 5) is 29.4. The van der Waals surface area contributed by atoms with E-state index in [4.69, 9.17) is 0 Å². The van der Waals surface area contributed by atoms with Crippen molar-refractivity contribution in [2.45, 2.75) is 19.0 Å². The molecule has 1 aliphatic rings. The van der Waals surface area contributed by atoms with Gasteiger partial charge in [0.15, 0.2) is 0 Å². The lowest BCUT2D eigenvalue weighted by Crippen LogP contribution is -2.53. The number of hydrogen-bond donors (Lipinski definition) is 1. The average molecular weight is 428 g/mol. The summed E-state index contributed by atoms with van der Waals surface area (Å²) in [5.74, 6) is -0.999. The van der Waals surface area contributed by atoms with Crippen molar-refractivity contribution in [3.8, 4) is 0 Å². The molecule has 5 nitrogen and oxygen atoms in total. The van der Waals surface area contributed by atoms with Gasteiger partial charge in [-0.3, -0.25) is 14.5 Å². The van der Waals surface area contributed by atoms with Crippen molar-refractivity contribution in [2.75, 3.05) is 26.2 Å². The zero-order valence-corrected chi connectivity index (χ0v) is 18.4. The summed E-state index contributed by atoms with van der Waals surface area (Å²) in [5.41, 5.74) is 3.44. The predicted molar refractivity (Wildman–Crippen MR) is 126 cm³/mol. The zero-order valence-electron chi connectivity index (χ0n) is 18.4. The molecular weight excluding hydrogens is 398 g/mol. The van der Waals surface area contributed by atoms with E-state index in [0.717, 1.165) is 5.56 Å². The number of benzene rings is 3. The van der Waals surface area contributed by atoms with Gasteiger partial charge in [-0.1, -0.05) is 91.0 Å². The molecule has 4 rings (SSSR count). The fourth-order valence-corrected chi connectivity index (χ4v) is 4.29. The molecule has 2 amide bonds. The molecule has 1 fully saturated rings. The molecule has 32 heavy (non-hydrogen) atoms. The minimum absolute atomic E-state index is 0.126. The number of hydrogen-bond acceptors (Lipinski definition) is 3. The van der Waals surface area contributed by atoms with Crippen LogP contribution in [0.1, 0.15) is 35.7 Å². The summed E-state index contributed by atoms with van der Waals surface area (Å²) >= 11 is 0. The molecule has 1 atom stereocenters. The largest absolute Gasteiger partial charge is 0.341 e. The maximum absolute atomic E-state index is 12.8. The summed E-state index contributed by atoms with van der Waals surface area (Å²) in [6.45, 7) is 4.37. The molecule has 3 aromatic rings. The van der Waals surface area contributed by atoms with E-state index in [0.29, 0.717) is 26.2 Å². The molecule has 0 radical (unpaired) electrons. The van der Waals surface area contributed by atoms with Crippen LogP contribution in [0.3, 0.4) is 0 Å². The van der Waals surface area contributed by atoms with Gasteiger partial charge in [0.1, 0.15) is 0 Å². The van der Waals surface area contributed by atoms with Gasteiger partial charge in [0.05, 0.1) is 12.1 Å². The van der Waals surface area contributed by atoms with Gasteiger partial charge in [-0.15, -0.1) is 0 Å². The molecule has 0 spiro atoms. The summed E-state index contributed by atoms with van der Waals surface area (Å²) in [5, 5.41) is 2.84. The molecule has 1 heterocycles. The van der Waals surface area contributed by atoms with Crippen molar-refractivity contribution in [1.29, 1.82) is 0 Å². The first-order chi connectivity index (χ1) is 15.6. The lowest BCUT2D eigenvalue weighted by molar-refractivity contribution is -0.147. The van der Waals surface area contributed by atoms with E-state index in [1.165, 1.54) is 11.1 Å². The van der Waals surface area contributed by atoms with E-state index >= 15 is 0 Å². The van der Waals surface area contributed by atoms with Crippen LogP contribution in [0.4, 0.5) is 0 Å². The topological polar surface area (TPSA) is 52.7 Å². The second kappa shape index (κ2) is 10.2. The highest BCUT2D eigenvalue weighted by Gasteiger charge is 2.30. The molecule has 1 unspecified atom stereocenters. The average Bonchev–Trinajstić information content (AvgIpc) is 2.86. The molecule has 1 saturated heterocycles. The SMILES string of the molecule is CC(NC(=O)C(=O)N1CCN(C(c2ccccc2)c2ccccc2)CC1)c1ccccc1. The smallest absolute Gasteiger partial charge is 0.311 e. The third-order valence-corrected chi connectivity index (χ3v) is 6.04. The van der Waals surface area contributed by atoms with Crippen LogP contribution in [-0.4, -0.2) is 47.8 Å². The molecule has 1 N–H and O–H groups in total. The van der Waals surface area contributed by atoms with Crippen LogP contribution in [0.15, 0.2) is 91.0 Å². The Morgan fingerprint density at radius 2 is 1.12 bits per heavy atom. The van der Waals surface area contributed by atoms with Crippen molar-refractivity contribution >= 4 is 11.8 Å².